The van der Waals surface area contributed by atoms with Crippen LogP contribution in [0.3, 0.4) is 0 Å². The van der Waals surface area contributed by atoms with E-state index in [0.29, 0.717) is 47.1 Å². The van der Waals surface area contributed by atoms with E-state index in [2.05, 4.69) is 18.7 Å². The Kier molecular flexibility index (Phi) is 8.18. The van der Waals surface area contributed by atoms with Crippen molar-refractivity contribution in [2.75, 3.05) is 29.7 Å². The lowest BCUT2D eigenvalue weighted by molar-refractivity contribution is -0.161. The Balaban J connectivity index is 1.16. The van der Waals surface area contributed by atoms with Gasteiger partial charge in [0.25, 0.3) is 0 Å². The van der Waals surface area contributed by atoms with Crippen molar-refractivity contribution in [2.45, 2.75) is 84.2 Å². The van der Waals surface area contributed by atoms with E-state index in [1.54, 1.807) is 0 Å². The highest BCUT2D eigenvalue weighted by Crippen LogP contribution is 2.65. The second-order valence-corrected chi connectivity index (χ2v) is 13.4. The van der Waals surface area contributed by atoms with Crippen LogP contribution < -0.4 is 4.90 Å². The molecule has 4 fully saturated rings. The number of carbonyl (C=O) groups excluding carboxylic acids is 2. The number of hydrogen-bond acceptors (Lipinski definition) is 4. The van der Waals surface area contributed by atoms with Crippen molar-refractivity contribution in [1.29, 1.82) is 0 Å². The molecule has 0 heterocycles. The molecule has 37 heavy (non-hydrogen) atoms. The van der Waals surface area contributed by atoms with Gasteiger partial charge in [0.05, 0.1) is 6.42 Å². The van der Waals surface area contributed by atoms with Gasteiger partial charge in [-0.05, 0) is 98.1 Å². The summed E-state index contributed by atoms with van der Waals surface area (Å²) in [7, 11) is 0. The SMILES string of the molecule is C[C@]12CC[C@H](OC(=O)Cc3ccc(N(CCCl)CCCl)cc3)C[C@@H]1CC[C@@H]1[C@@H]2CC[C@]2(C)C(=O)CC[C@@H]12. The van der Waals surface area contributed by atoms with Crippen LogP contribution >= 0.6 is 23.2 Å². The third-order valence-corrected chi connectivity index (χ3v) is 11.3. The summed E-state index contributed by atoms with van der Waals surface area (Å²) >= 11 is 11.9. The maximum Gasteiger partial charge on any atom is 0.310 e. The van der Waals surface area contributed by atoms with Crippen LogP contribution in [-0.2, 0) is 20.7 Å². The lowest BCUT2D eigenvalue weighted by Gasteiger charge is -2.60. The molecule has 1 aromatic rings. The molecule has 0 bridgehead atoms. The van der Waals surface area contributed by atoms with Gasteiger partial charge in [-0.15, -0.1) is 23.2 Å². The average Bonchev–Trinajstić information content (AvgIpc) is 3.19. The van der Waals surface area contributed by atoms with Crippen molar-refractivity contribution in [1.82, 2.24) is 0 Å². The maximum absolute atomic E-state index is 12.9. The zero-order chi connectivity index (χ0) is 26.2. The van der Waals surface area contributed by atoms with E-state index in [-0.39, 0.29) is 17.5 Å². The molecule has 0 amide bonds. The van der Waals surface area contributed by atoms with Crippen LogP contribution in [0.2, 0.25) is 0 Å². The van der Waals surface area contributed by atoms with Gasteiger partial charge in [0.2, 0.25) is 0 Å². The number of hydrogen-bond donors (Lipinski definition) is 0. The molecule has 5 rings (SSSR count). The molecular weight excluding hydrogens is 505 g/mol. The van der Waals surface area contributed by atoms with E-state index in [9.17, 15) is 9.59 Å². The fourth-order valence-corrected chi connectivity index (χ4v) is 9.30. The second kappa shape index (κ2) is 11.1. The van der Waals surface area contributed by atoms with Crippen LogP contribution in [-0.4, -0.2) is 42.7 Å². The first-order valence-electron chi connectivity index (χ1n) is 14.5. The first-order valence-corrected chi connectivity index (χ1v) is 15.5. The fraction of sp³-hybridized carbons (Fsp3) is 0.742. The summed E-state index contributed by atoms with van der Waals surface area (Å²) in [6.45, 7) is 6.27. The van der Waals surface area contributed by atoms with Crippen LogP contribution in [0, 0.1) is 34.5 Å². The number of Topliss-reactive ketones (excluding diaryl/α,β-unsaturated/α-hetero) is 1. The second-order valence-electron chi connectivity index (χ2n) is 12.7. The van der Waals surface area contributed by atoms with E-state index in [0.717, 1.165) is 68.8 Å². The summed E-state index contributed by atoms with van der Waals surface area (Å²) in [6, 6.07) is 8.10. The molecule has 7 atom stereocenters. The fourth-order valence-electron chi connectivity index (χ4n) is 8.89. The lowest BCUT2D eigenvalue weighted by atomic mass is 9.45. The number of anilines is 1. The smallest absolute Gasteiger partial charge is 0.310 e. The Morgan fingerprint density at radius 2 is 1.70 bits per heavy atom. The standard InChI is InChI=1S/C31H43Cl2NO3/c1-30-13-11-24(37-29(36)19-21-3-6-23(7-4-21)34(17-15-32)18-16-33)20-22(30)5-8-25-26-9-10-28(35)31(26,2)14-12-27(25)30/h3-4,6-7,22,24-27H,5,8-20H2,1-2H3/t22-,24-,25-,26-,27-,30-,31-/m0/s1. The number of fused-ring (bicyclic) bond motifs is 5. The summed E-state index contributed by atoms with van der Waals surface area (Å²) in [5.41, 5.74) is 2.32. The number of nitrogens with zero attached hydrogens (tertiary/aromatic N) is 1. The number of rotatable bonds is 8. The van der Waals surface area contributed by atoms with Gasteiger partial charge in [-0.25, -0.2) is 0 Å². The van der Waals surface area contributed by atoms with Gasteiger partial charge >= 0.3 is 5.97 Å². The number of alkyl halides is 2. The van der Waals surface area contributed by atoms with Gasteiger partial charge in [-0.3, -0.25) is 9.59 Å². The largest absolute Gasteiger partial charge is 0.462 e. The normalized spacial score (nSPS) is 36.9. The lowest BCUT2D eigenvalue weighted by Crippen LogP contribution is -2.54. The number of ketones is 1. The summed E-state index contributed by atoms with van der Waals surface area (Å²) in [4.78, 5) is 27.7. The Hall–Kier alpha value is -1.26. The first-order chi connectivity index (χ1) is 17.8. The summed E-state index contributed by atoms with van der Waals surface area (Å²) < 4.78 is 6.05. The number of carbonyl (C=O) groups is 2. The molecule has 0 unspecified atom stereocenters. The maximum atomic E-state index is 12.9. The number of halogens is 2. The van der Waals surface area contributed by atoms with Crippen LogP contribution in [0.15, 0.2) is 24.3 Å². The van der Waals surface area contributed by atoms with Crippen molar-refractivity contribution in [3.05, 3.63) is 29.8 Å². The van der Waals surface area contributed by atoms with E-state index < -0.39 is 0 Å². The minimum absolute atomic E-state index is 0.0336. The van der Waals surface area contributed by atoms with E-state index in [1.807, 2.05) is 24.3 Å². The molecule has 1 aromatic carbocycles. The molecule has 0 spiro atoms. The summed E-state index contributed by atoms with van der Waals surface area (Å²) in [5, 5.41) is 0. The highest BCUT2D eigenvalue weighted by atomic mass is 35.5. The van der Waals surface area contributed by atoms with Crippen LogP contribution in [0.5, 0.6) is 0 Å². The molecule has 4 aliphatic carbocycles. The van der Waals surface area contributed by atoms with Crippen LogP contribution in [0.4, 0.5) is 5.69 Å². The topological polar surface area (TPSA) is 46.6 Å². The monoisotopic (exact) mass is 547 g/mol. The van der Waals surface area contributed by atoms with E-state index >= 15 is 0 Å². The predicted molar refractivity (Wildman–Crippen MR) is 150 cm³/mol. The Morgan fingerprint density at radius 1 is 0.973 bits per heavy atom. The average molecular weight is 549 g/mol. The van der Waals surface area contributed by atoms with Crippen LogP contribution in [0.25, 0.3) is 0 Å². The predicted octanol–water partition coefficient (Wildman–Crippen LogP) is 7.04. The first kappa shape index (κ1) is 27.3. The zero-order valence-electron chi connectivity index (χ0n) is 22.5. The molecule has 0 aliphatic heterocycles. The minimum atomic E-state index is -0.119. The van der Waals surface area contributed by atoms with Crippen molar-refractivity contribution in [3.63, 3.8) is 0 Å². The molecule has 6 heteroatoms. The van der Waals surface area contributed by atoms with E-state index in [1.165, 1.54) is 19.3 Å². The molecule has 0 N–H and O–H groups in total. The Bertz CT molecular complexity index is 977. The molecule has 204 valence electrons. The molecule has 0 saturated heterocycles. The zero-order valence-corrected chi connectivity index (χ0v) is 24.0. The highest BCUT2D eigenvalue weighted by molar-refractivity contribution is 6.18. The van der Waals surface area contributed by atoms with E-state index in [4.69, 9.17) is 27.9 Å². The summed E-state index contributed by atoms with van der Waals surface area (Å²) in [5.74, 6) is 4.15. The van der Waals surface area contributed by atoms with Gasteiger partial charge in [0.1, 0.15) is 11.9 Å². The van der Waals surface area contributed by atoms with Crippen molar-refractivity contribution < 1.29 is 14.3 Å². The van der Waals surface area contributed by atoms with Gasteiger partial charge in [0, 0.05) is 42.4 Å². The van der Waals surface area contributed by atoms with Crippen molar-refractivity contribution >= 4 is 40.6 Å². The number of esters is 1. The molecule has 0 radical (unpaired) electrons. The summed E-state index contributed by atoms with van der Waals surface area (Å²) in [6.07, 6.45) is 10.1. The van der Waals surface area contributed by atoms with Gasteiger partial charge < -0.3 is 9.64 Å². The number of benzene rings is 1. The number of ether oxygens (including phenoxy) is 1. The van der Waals surface area contributed by atoms with Crippen molar-refractivity contribution in [2.24, 2.45) is 34.5 Å². The van der Waals surface area contributed by atoms with Crippen molar-refractivity contribution in [3.8, 4) is 0 Å². The van der Waals surface area contributed by atoms with Gasteiger partial charge in [-0.1, -0.05) is 26.0 Å². The molecule has 4 saturated carbocycles. The third kappa shape index (κ3) is 5.19. The third-order valence-electron chi connectivity index (χ3n) is 11.0. The molecular formula is C31H43Cl2NO3. The minimum Gasteiger partial charge on any atom is -0.462 e. The highest BCUT2D eigenvalue weighted by Gasteiger charge is 2.60. The molecule has 4 nitrogen and oxygen atoms in total. The Labute approximate surface area is 232 Å². The quantitative estimate of drug-likeness (QED) is 0.258. The molecule has 0 aromatic heterocycles. The van der Waals surface area contributed by atoms with Gasteiger partial charge in [-0.2, -0.15) is 0 Å². The Morgan fingerprint density at radius 3 is 2.41 bits per heavy atom. The van der Waals surface area contributed by atoms with Gasteiger partial charge in [0.15, 0.2) is 0 Å². The molecule has 4 aliphatic rings. The van der Waals surface area contributed by atoms with Crippen LogP contribution in [0.1, 0.15) is 77.2 Å².